The number of hydrogen-bond acceptors (Lipinski definition) is 3. The van der Waals surface area contributed by atoms with Crippen LogP contribution in [0.3, 0.4) is 0 Å². The molecule has 1 rings (SSSR count). The van der Waals surface area contributed by atoms with Crippen LogP contribution in [-0.4, -0.2) is 31.5 Å². The maximum atomic E-state index is 8.52. The number of aliphatic hydroxyl groups is 1. The smallest absolute Gasteiger partial charge is 0.0698 e. The molecule has 1 aromatic rings. The monoisotopic (exact) mass is 223 g/mol. The van der Waals surface area contributed by atoms with Crippen molar-refractivity contribution in [2.75, 3.05) is 26.4 Å². The molecule has 0 aliphatic rings. The Balaban J connectivity index is 2.21. The van der Waals surface area contributed by atoms with E-state index in [0.29, 0.717) is 13.2 Å². The molecule has 0 atom stereocenters. The summed E-state index contributed by atoms with van der Waals surface area (Å²) >= 11 is 0. The van der Waals surface area contributed by atoms with Crippen LogP contribution in [0.4, 0.5) is 0 Å². The number of rotatable bonds is 7. The summed E-state index contributed by atoms with van der Waals surface area (Å²) in [6, 6.07) is 6.55. The first kappa shape index (κ1) is 13.2. The highest BCUT2D eigenvalue weighted by molar-refractivity contribution is 5.28. The van der Waals surface area contributed by atoms with Crippen molar-refractivity contribution in [2.45, 2.75) is 20.4 Å². The minimum atomic E-state index is 0.0943. The molecule has 0 saturated heterocycles. The molecule has 1 aromatic carbocycles. The Kier molecular flexibility index (Phi) is 6.08. The van der Waals surface area contributed by atoms with Gasteiger partial charge in [-0.15, -0.1) is 0 Å². The lowest BCUT2D eigenvalue weighted by molar-refractivity contribution is 0.0938. The zero-order chi connectivity index (χ0) is 11.8. The second kappa shape index (κ2) is 7.39. The number of aliphatic hydroxyl groups excluding tert-OH is 1. The Hall–Kier alpha value is -0.900. The fourth-order valence-corrected chi connectivity index (χ4v) is 1.71. The lowest BCUT2D eigenvalue weighted by Gasteiger charge is -2.07. The van der Waals surface area contributed by atoms with E-state index in [1.54, 1.807) is 0 Å². The predicted molar refractivity (Wildman–Crippen MR) is 65.5 cm³/mol. The Morgan fingerprint density at radius 2 is 1.81 bits per heavy atom. The van der Waals surface area contributed by atoms with Crippen molar-refractivity contribution in [3.05, 3.63) is 34.9 Å². The summed E-state index contributed by atoms with van der Waals surface area (Å²) in [5, 5.41) is 11.8. The van der Waals surface area contributed by atoms with Crippen LogP contribution < -0.4 is 5.32 Å². The highest BCUT2D eigenvalue weighted by Gasteiger charge is 1.95. The van der Waals surface area contributed by atoms with Crippen LogP contribution in [0.15, 0.2) is 18.2 Å². The molecule has 0 spiro atoms. The summed E-state index contributed by atoms with van der Waals surface area (Å²) in [6.45, 7) is 7.06. The van der Waals surface area contributed by atoms with Crippen LogP contribution in [0.5, 0.6) is 0 Å². The van der Waals surface area contributed by atoms with Gasteiger partial charge in [0.1, 0.15) is 0 Å². The van der Waals surface area contributed by atoms with E-state index in [0.717, 1.165) is 13.1 Å². The summed E-state index contributed by atoms with van der Waals surface area (Å²) in [6.07, 6.45) is 0. The standard InChI is InChI=1S/C13H21NO2/c1-11-7-12(2)9-13(8-11)10-14-3-5-16-6-4-15/h7-9,14-15H,3-6,10H2,1-2H3. The van der Waals surface area contributed by atoms with E-state index in [1.807, 2.05) is 0 Å². The maximum Gasteiger partial charge on any atom is 0.0698 e. The average molecular weight is 223 g/mol. The molecule has 0 radical (unpaired) electrons. The van der Waals surface area contributed by atoms with Gasteiger partial charge in [0.25, 0.3) is 0 Å². The van der Waals surface area contributed by atoms with Gasteiger partial charge in [0.2, 0.25) is 0 Å². The number of aryl methyl sites for hydroxylation is 2. The highest BCUT2D eigenvalue weighted by Crippen LogP contribution is 2.08. The van der Waals surface area contributed by atoms with E-state index in [4.69, 9.17) is 9.84 Å². The van der Waals surface area contributed by atoms with Crippen LogP contribution in [-0.2, 0) is 11.3 Å². The number of hydrogen-bond donors (Lipinski definition) is 2. The van der Waals surface area contributed by atoms with Gasteiger partial charge in [-0.1, -0.05) is 29.3 Å². The summed E-state index contributed by atoms with van der Waals surface area (Å²) in [4.78, 5) is 0. The first-order chi connectivity index (χ1) is 7.72. The van der Waals surface area contributed by atoms with Crippen LogP contribution in [0.2, 0.25) is 0 Å². The van der Waals surface area contributed by atoms with Gasteiger partial charge in [-0.05, 0) is 19.4 Å². The van der Waals surface area contributed by atoms with Crippen LogP contribution in [0, 0.1) is 13.8 Å². The van der Waals surface area contributed by atoms with Crippen molar-refractivity contribution in [1.82, 2.24) is 5.32 Å². The van der Waals surface area contributed by atoms with Gasteiger partial charge in [0, 0.05) is 13.1 Å². The highest BCUT2D eigenvalue weighted by atomic mass is 16.5. The zero-order valence-electron chi connectivity index (χ0n) is 10.1. The molecule has 0 aromatic heterocycles. The SMILES string of the molecule is Cc1cc(C)cc(CNCCOCCO)c1. The fourth-order valence-electron chi connectivity index (χ4n) is 1.71. The molecule has 0 aliphatic heterocycles. The second-order valence-corrected chi connectivity index (χ2v) is 4.01. The third-order valence-corrected chi connectivity index (χ3v) is 2.27. The molecule has 3 nitrogen and oxygen atoms in total. The van der Waals surface area contributed by atoms with Gasteiger partial charge in [-0.25, -0.2) is 0 Å². The maximum absolute atomic E-state index is 8.52. The normalized spacial score (nSPS) is 10.7. The van der Waals surface area contributed by atoms with E-state index in [-0.39, 0.29) is 6.61 Å². The van der Waals surface area contributed by atoms with Gasteiger partial charge in [0.05, 0.1) is 19.8 Å². The third kappa shape index (κ3) is 5.26. The van der Waals surface area contributed by atoms with Crippen molar-refractivity contribution in [2.24, 2.45) is 0 Å². The largest absolute Gasteiger partial charge is 0.394 e. The molecule has 90 valence electrons. The first-order valence-corrected chi connectivity index (χ1v) is 5.69. The van der Waals surface area contributed by atoms with E-state index < -0.39 is 0 Å². The molecule has 16 heavy (non-hydrogen) atoms. The molecule has 2 N–H and O–H groups in total. The molecule has 0 fully saturated rings. The minimum Gasteiger partial charge on any atom is -0.394 e. The van der Waals surface area contributed by atoms with E-state index >= 15 is 0 Å². The second-order valence-electron chi connectivity index (χ2n) is 4.01. The number of ether oxygens (including phenoxy) is 1. The van der Waals surface area contributed by atoms with Crippen LogP contribution in [0.1, 0.15) is 16.7 Å². The summed E-state index contributed by atoms with van der Waals surface area (Å²) in [5.41, 5.74) is 3.90. The molecule has 0 unspecified atom stereocenters. The first-order valence-electron chi connectivity index (χ1n) is 5.69. The predicted octanol–water partition coefficient (Wildman–Crippen LogP) is 1.40. The molecule has 0 aliphatic carbocycles. The van der Waals surface area contributed by atoms with E-state index in [1.165, 1.54) is 16.7 Å². The third-order valence-electron chi connectivity index (χ3n) is 2.27. The van der Waals surface area contributed by atoms with E-state index in [2.05, 4.69) is 37.4 Å². The Morgan fingerprint density at radius 3 is 2.44 bits per heavy atom. The Labute approximate surface area is 97.4 Å². The Morgan fingerprint density at radius 1 is 1.12 bits per heavy atom. The quantitative estimate of drug-likeness (QED) is 0.687. The van der Waals surface area contributed by atoms with Crippen molar-refractivity contribution in [3.8, 4) is 0 Å². The van der Waals surface area contributed by atoms with Crippen molar-refractivity contribution in [3.63, 3.8) is 0 Å². The lowest BCUT2D eigenvalue weighted by atomic mass is 10.1. The fraction of sp³-hybridized carbons (Fsp3) is 0.538. The zero-order valence-corrected chi connectivity index (χ0v) is 10.1. The van der Waals surface area contributed by atoms with Gasteiger partial charge < -0.3 is 15.2 Å². The molecule has 3 heteroatoms. The number of benzene rings is 1. The lowest BCUT2D eigenvalue weighted by Crippen LogP contribution is -2.20. The Bertz CT molecular complexity index is 293. The molecule has 0 bridgehead atoms. The summed E-state index contributed by atoms with van der Waals surface area (Å²) in [7, 11) is 0. The van der Waals surface area contributed by atoms with Gasteiger partial charge >= 0.3 is 0 Å². The topological polar surface area (TPSA) is 41.5 Å². The molecule has 0 saturated carbocycles. The molecule has 0 amide bonds. The van der Waals surface area contributed by atoms with Crippen molar-refractivity contribution < 1.29 is 9.84 Å². The average Bonchev–Trinajstić information content (AvgIpc) is 2.22. The van der Waals surface area contributed by atoms with Gasteiger partial charge in [-0.2, -0.15) is 0 Å². The molecular weight excluding hydrogens is 202 g/mol. The number of nitrogens with one attached hydrogen (secondary N) is 1. The van der Waals surface area contributed by atoms with Crippen LogP contribution in [0.25, 0.3) is 0 Å². The van der Waals surface area contributed by atoms with Gasteiger partial charge in [0.15, 0.2) is 0 Å². The summed E-state index contributed by atoms with van der Waals surface area (Å²) < 4.78 is 5.16. The van der Waals surface area contributed by atoms with Crippen LogP contribution >= 0.6 is 0 Å². The molecular formula is C13H21NO2. The van der Waals surface area contributed by atoms with Crippen molar-refractivity contribution >= 4 is 0 Å². The molecule has 0 heterocycles. The van der Waals surface area contributed by atoms with E-state index in [9.17, 15) is 0 Å². The van der Waals surface area contributed by atoms with Crippen molar-refractivity contribution in [1.29, 1.82) is 0 Å². The minimum absolute atomic E-state index is 0.0943. The summed E-state index contributed by atoms with van der Waals surface area (Å²) in [5.74, 6) is 0. The van der Waals surface area contributed by atoms with Gasteiger partial charge in [-0.3, -0.25) is 0 Å².